The Bertz CT molecular complexity index is 600. The first-order valence-electron chi connectivity index (χ1n) is 4.54. The molecule has 1 heterocycles. The minimum atomic E-state index is -1.76. The van der Waals surface area contributed by atoms with Crippen LogP contribution in [0.3, 0.4) is 0 Å². The number of halogens is 3. The lowest BCUT2D eigenvalue weighted by Crippen LogP contribution is -2.15. The van der Waals surface area contributed by atoms with E-state index in [1.54, 1.807) is 0 Å². The molecule has 0 aliphatic carbocycles. The molecule has 1 aromatic heterocycles. The highest BCUT2D eigenvalue weighted by molar-refractivity contribution is 6.03. The summed E-state index contributed by atoms with van der Waals surface area (Å²) in [5, 5.41) is 16.6. The standard InChI is InChI=1S/C9H5F3N4O2/c10-4-1-3(5(11)7(17)6(4)12)8(18)15-9-13-2-14-16-9/h1-2,17H,(H2,13,14,15,16,18). The van der Waals surface area contributed by atoms with Crippen molar-refractivity contribution < 1.29 is 23.1 Å². The molecule has 0 aliphatic rings. The number of aromatic amines is 1. The molecule has 0 atom stereocenters. The Kier molecular flexibility index (Phi) is 2.88. The average molecular weight is 258 g/mol. The number of rotatable bonds is 2. The number of aromatic nitrogens is 3. The number of hydrogen-bond acceptors (Lipinski definition) is 4. The SMILES string of the molecule is O=C(Nc1ncn[nH]1)c1cc(F)c(F)c(O)c1F. The van der Waals surface area contributed by atoms with Crippen molar-refractivity contribution >= 4 is 11.9 Å². The number of anilines is 1. The van der Waals surface area contributed by atoms with Gasteiger partial charge in [-0.1, -0.05) is 0 Å². The van der Waals surface area contributed by atoms with Gasteiger partial charge in [0.1, 0.15) is 6.33 Å². The molecule has 6 nitrogen and oxygen atoms in total. The lowest BCUT2D eigenvalue weighted by Gasteiger charge is -2.06. The van der Waals surface area contributed by atoms with Gasteiger partial charge in [0.25, 0.3) is 5.91 Å². The largest absolute Gasteiger partial charge is 0.503 e. The highest BCUT2D eigenvalue weighted by Gasteiger charge is 2.22. The molecular formula is C9H5F3N4O2. The third-order valence-electron chi connectivity index (χ3n) is 2.02. The van der Waals surface area contributed by atoms with Gasteiger partial charge in [-0.05, 0) is 6.07 Å². The third-order valence-corrected chi connectivity index (χ3v) is 2.02. The molecule has 1 aromatic carbocycles. The van der Waals surface area contributed by atoms with E-state index in [0.29, 0.717) is 6.07 Å². The van der Waals surface area contributed by atoms with Crippen molar-refractivity contribution in [2.45, 2.75) is 0 Å². The number of nitrogens with one attached hydrogen (secondary N) is 2. The maximum atomic E-state index is 13.4. The quantitative estimate of drug-likeness (QED) is 0.705. The number of nitrogens with zero attached hydrogens (tertiary/aromatic N) is 2. The lowest BCUT2D eigenvalue weighted by molar-refractivity contribution is 0.102. The number of aromatic hydroxyl groups is 1. The van der Waals surface area contributed by atoms with Gasteiger partial charge < -0.3 is 5.11 Å². The van der Waals surface area contributed by atoms with Crippen LogP contribution in [0.4, 0.5) is 19.1 Å². The van der Waals surface area contributed by atoms with Crippen molar-refractivity contribution in [1.82, 2.24) is 15.2 Å². The van der Waals surface area contributed by atoms with E-state index in [1.807, 2.05) is 5.32 Å². The Labute approximate surface area is 97.5 Å². The first-order valence-corrected chi connectivity index (χ1v) is 4.54. The van der Waals surface area contributed by atoms with Crippen LogP contribution >= 0.6 is 0 Å². The molecule has 18 heavy (non-hydrogen) atoms. The second-order valence-corrected chi connectivity index (χ2v) is 3.17. The van der Waals surface area contributed by atoms with Gasteiger partial charge in [-0.25, -0.2) is 13.9 Å². The zero-order valence-electron chi connectivity index (χ0n) is 8.54. The average Bonchev–Trinajstić information content (AvgIpc) is 2.83. The van der Waals surface area contributed by atoms with Crippen LogP contribution in [0.25, 0.3) is 0 Å². The van der Waals surface area contributed by atoms with Gasteiger partial charge in [0.05, 0.1) is 5.56 Å². The van der Waals surface area contributed by atoms with Crippen molar-refractivity contribution in [3.05, 3.63) is 35.4 Å². The summed E-state index contributed by atoms with van der Waals surface area (Å²) in [6.45, 7) is 0. The van der Waals surface area contributed by atoms with Crippen LogP contribution < -0.4 is 5.32 Å². The minimum Gasteiger partial charge on any atom is -0.503 e. The van der Waals surface area contributed by atoms with Crippen LogP contribution in [-0.4, -0.2) is 26.2 Å². The minimum absolute atomic E-state index is 0.108. The molecule has 2 aromatic rings. The monoisotopic (exact) mass is 258 g/mol. The van der Waals surface area contributed by atoms with E-state index in [9.17, 15) is 18.0 Å². The summed E-state index contributed by atoms with van der Waals surface area (Å²) in [5.41, 5.74) is -0.859. The first kappa shape index (κ1) is 11.9. The van der Waals surface area contributed by atoms with Crippen LogP contribution in [0.5, 0.6) is 5.75 Å². The van der Waals surface area contributed by atoms with E-state index >= 15 is 0 Å². The van der Waals surface area contributed by atoms with Gasteiger partial charge >= 0.3 is 0 Å². The Balaban J connectivity index is 2.36. The van der Waals surface area contributed by atoms with Crippen LogP contribution in [0.1, 0.15) is 10.4 Å². The Morgan fingerprint density at radius 2 is 2.06 bits per heavy atom. The molecule has 0 radical (unpaired) electrons. The second-order valence-electron chi connectivity index (χ2n) is 3.17. The van der Waals surface area contributed by atoms with E-state index in [0.717, 1.165) is 6.33 Å². The second kappa shape index (κ2) is 4.35. The zero-order valence-corrected chi connectivity index (χ0v) is 8.54. The van der Waals surface area contributed by atoms with Gasteiger partial charge in [0, 0.05) is 0 Å². The summed E-state index contributed by atoms with van der Waals surface area (Å²) in [7, 11) is 0. The number of phenols is 1. The van der Waals surface area contributed by atoms with Crippen molar-refractivity contribution in [1.29, 1.82) is 0 Å². The maximum absolute atomic E-state index is 13.4. The van der Waals surface area contributed by atoms with E-state index < -0.39 is 34.7 Å². The molecule has 0 spiro atoms. The smallest absolute Gasteiger partial charge is 0.261 e. The molecule has 0 unspecified atom stereocenters. The summed E-state index contributed by atoms with van der Waals surface area (Å²) < 4.78 is 39.1. The van der Waals surface area contributed by atoms with Crippen molar-refractivity contribution in [3.63, 3.8) is 0 Å². The van der Waals surface area contributed by atoms with Crippen LogP contribution in [0.15, 0.2) is 12.4 Å². The predicted octanol–water partition coefficient (Wildman–Crippen LogP) is 1.18. The molecule has 9 heteroatoms. The van der Waals surface area contributed by atoms with E-state index in [2.05, 4.69) is 15.2 Å². The number of amides is 1. The number of benzene rings is 1. The number of carbonyl (C=O) groups is 1. The molecule has 3 N–H and O–H groups in total. The highest BCUT2D eigenvalue weighted by atomic mass is 19.2. The zero-order chi connectivity index (χ0) is 13.3. The van der Waals surface area contributed by atoms with E-state index in [4.69, 9.17) is 5.11 Å². The van der Waals surface area contributed by atoms with Gasteiger partial charge in [0.2, 0.25) is 11.8 Å². The van der Waals surface area contributed by atoms with Crippen LogP contribution in [0, 0.1) is 17.5 Å². The molecule has 0 bridgehead atoms. The van der Waals surface area contributed by atoms with E-state index in [-0.39, 0.29) is 5.95 Å². The molecule has 0 saturated carbocycles. The van der Waals surface area contributed by atoms with Crippen molar-refractivity contribution in [2.24, 2.45) is 0 Å². The fourth-order valence-corrected chi connectivity index (χ4v) is 1.20. The topological polar surface area (TPSA) is 90.9 Å². The molecule has 94 valence electrons. The van der Waals surface area contributed by atoms with Gasteiger partial charge in [-0.2, -0.15) is 14.5 Å². The highest BCUT2D eigenvalue weighted by Crippen LogP contribution is 2.26. The van der Waals surface area contributed by atoms with Crippen LogP contribution in [-0.2, 0) is 0 Å². The fourth-order valence-electron chi connectivity index (χ4n) is 1.20. The summed E-state index contributed by atoms with van der Waals surface area (Å²) in [5.74, 6) is -7.65. The predicted molar refractivity (Wildman–Crippen MR) is 52.3 cm³/mol. The summed E-state index contributed by atoms with van der Waals surface area (Å²) in [4.78, 5) is 15.0. The molecule has 1 amide bonds. The van der Waals surface area contributed by atoms with E-state index in [1.165, 1.54) is 0 Å². The normalized spacial score (nSPS) is 10.4. The van der Waals surface area contributed by atoms with Gasteiger partial charge in [-0.3, -0.25) is 10.1 Å². The van der Waals surface area contributed by atoms with Gasteiger partial charge in [0.15, 0.2) is 17.4 Å². The third kappa shape index (κ3) is 1.97. The molecule has 0 fully saturated rings. The Morgan fingerprint density at radius 3 is 2.67 bits per heavy atom. The number of carbonyl (C=O) groups excluding carboxylic acids is 1. The molecular weight excluding hydrogens is 253 g/mol. The maximum Gasteiger partial charge on any atom is 0.261 e. The molecule has 0 saturated heterocycles. The van der Waals surface area contributed by atoms with Crippen molar-refractivity contribution in [2.75, 3.05) is 5.32 Å². The first-order chi connectivity index (χ1) is 8.50. The van der Waals surface area contributed by atoms with Gasteiger partial charge in [-0.15, -0.1) is 0 Å². The summed E-state index contributed by atoms with van der Waals surface area (Å²) in [6, 6.07) is 0.329. The Hall–Kier alpha value is -2.58. The number of phenolic OH excluding ortho intramolecular Hbond substituents is 1. The molecule has 0 aliphatic heterocycles. The Morgan fingerprint density at radius 1 is 1.33 bits per heavy atom. The fraction of sp³-hybridized carbons (Fsp3) is 0. The molecule has 2 rings (SSSR count). The summed E-state index contributed by atoms with van der Waals surface area (Å²) >= 11 is 0. The summed E-state index contributed by atoms with van der Waals surface area (Å²) in [6.07, 6.45) is 1.08. The lowest BCUT2D eigenvalue weighted by atomic mass is 10.1. The number of H-pyrrole nitrogens is 1. The van der Waals surface area contributed by atoms with Crippen LogP contribution in [0.2, 0.25) is 0 Å². The van der Waals surface area contributed by atoms with Crippen molar-refractivity contribution in [3.8, 4) is 5.75 Å². The number of hydrogen-bond donors (Lipinski definition) is 3.